The van der Waals surface area contributed by atoms with Gasteiger partial charge in [0.25, 0.3) is 0 Å². The molecule has 1 aliphatic rings. The summed E-state index contributed by atoms with van der Waals surface area (Å²) < 4.78 is 13.6. The first-order chi connectivity index (χ1) is 12.2. The van der Waals surface area contributed by atoms with Crippen LogP contribution in [0.2, 0.25) is 0 Å². The average molecular weight is 337 g/mol. The van der Waals surface area contributed by atoms with Crippen LogP contribution in [0, 0.1) is 0 Å². The molecule has 1 aromatic carbocycles. The molecule has 0 bridgehead atoms. The van der Waals surface area contributed by atoms with E-state index in [-0.39, 0.29) is 0 Å². The minimum Gasteiger partial charge on any atom is -0.448 e. The number of hydrogen-bond acceptors (Lipinski definition) is 5. The second-order valence-electron chi connectivity index (χ2n) is 6.13. The number of benzene rings is 1. The van der Waals surface area contributed by atoms with Gasteiger partial charge in [0.2, 0.25) is 11.7 Å². The Balaban J connectivity index is 1.55. The molecule has 2 heterocycles. The van der Waals surface area contributed by atoms with E-state index in [2.05, 4.69) is 9.97 Å². The van der Waals surface area contributed by atoms with Gasteiger partial charge in [-0.3, -0.25) is 9.20 Å². The van der Waals surface area contributed by atoms with Gasteiger partial charge in [-0.2, -0.15) is 4.98 Å². The molecule has 3 aromatic rings. The molecule has 0 amide bonds. The predicted molar refractivity (Wildman–Crippen MR) is 91.7 cm³/mol. The summed E-state index contributed by atoms with van der Waals surface area (Å²) in [6.07, 6.45) is 4.92. The Kier molecular flexibility index (Phi) is 4.19. The number of aldehydes is 1. The highest BCUT2D eigenvalue weighted by Crippen LogP contribution is 2.30. The molecule has 1 unspecified atom stereocenters. The van der Waals surface area contributed by atoms with Gasteiger partial charge in [-0.1, -0.05) is 30.3 Å². The van der Waals surface area contributed by atoms with Crippen molar-refractivity contribution in [3.05, 3.63) is 59.0 Å². The normalized spacial score (nSPS) is 14.4. The van der Waals surface area contributed by atoms with Crippen LogP contribution in [0.15, 0.2) is 36.5 Å². The molecule has 1 atom stereocenters. The molecule has 0 fully saturated rings. The third kappa shape index (κ3) is 3.13. The number of fused-ring (bicyclic) bond motifs is 3. The molecule has 6 heteroatoms. The van der Waals surface area contributed by atoms with Crippen molar-refractivity contribution >= 4 is 12.1 Å². The third-order valence-corrected chi connectivity index (χ3v) is 4.37. The minimum absolute atomic E-state index is 0.382. The van der Waals surface area contributed by atoms with E-state index in [0.29, 0.717) is 24.0 Å². The lowest BCUT2D eigenvalue weighted by Gasteiger charge is -2.17. The van der Waals surface area contributed by atoms with Crippen LogP contribution in [0.4, 0.5) is 0 Å². The van der Waals surface area contributed by atoms with Gasteiger partial charge in [0.05, 0.1) is 6.61 Å². The molecular weight excluding hydrogens is 318 g/mol. The molecule has 0 saturated carbocycles. The smallest absolute Gasteiger partial charge is 0.237 e. The maximum Gasteiger partial charge on any atom is 0.237 e. The van der Waals surface area contributed by atoms with Crippen molar-refractivity contribution in [2.24, 2.45) is 0 Å². The van der Waals surface area contributed by atoms with Crippen LogP contribution in [0.5, 0.6) is 5.88 Å². The number of carbonyl (C=O) groups is 1. The van der Waals surface area contributed by atoms with E-state index in [0.717, 1.165) is 42.4 Å². The quantitative estimate of drug-likeness (QED) is 0.511. The summed E-state index contributed by atoms with van der Waals surface area (Å²) in [5.74, 6) is 1.05. The maximum absolute atomic E-state index is 11.0. The summed E-state index contributed by atoms with van der Waals surface area (Å²) in [6, 6.07) is 9.97. The molecule has 0 aliphatic heterocycles. The number of carbonyl (C=O) groups excluding carboxylic acids is 1. The first-order valence-corrected chi connectivity index (χ1v) is 8.43. The van der Waals surface area contributed by atoms with Crippen molar-refractivity contribution in [3.8, 4) is 5.88 Å². The van der Waals surface area contributed by atoms with Crippen LogP contribution in [0.1, 0.15) is 40.7 Å². The minimum atomic E-state index is -0.430. The zero-order valence-electron chi connectivity index (χ0n) is 14.0. The number of nitrogens with zero attached hydrogens (tertiary/aromatic N) is 3. The Morgan fingerprint density at radius 2 is 2.08 bits per heavy atom. The van der Waals surface area contributed by atoms with Crippen LogP contribution < -0.4 is 4.74 Å². The number of hydrogen-bond donors (Lipinski definition) is 0. The number of imidazole rings is 1. The van der Waals surface area contributed by atoms with E-state index < -0.39 is 6.29 Å². The van der Waals surface area contributed by atoms with Crippen LogP contribution in [-0.4, -0.2) is 26.9 Å². The summed E-state index contributed by atoms with van der Waals surface area (Å²) in [5, 5.41) is 0. The van der Waals surface area contributed by atoms with E-state index in [4.69, 9.17) is 9.47 Å². The molecule has 0 radical (unpaired) electrons. The van der Waals surface area contributed by atoms with Gasteiger partial charge in [0.15, 0.2) is 12.6 Å². The van der Waals surface area contributed by atoms with Gasteiger partial charge < -0.3 is 9.47 Å². The Bertz CT molecular complexity index is 905. The topological polar surface area (TPSA) is 65.7 Å². The predicted octanol–water partition coefficient (Wildman–Crippen LogP) is 2.97. The SMILES string of the molecule is CC(OCc1ccccc1)Oc1nc2nc(C=O)cn2c2c1CCC2. The lowest BCUT2D eigenvalue weighted by molar-refractivity contribution is -0.0784. The van der Waals surface area contributed by atoms with Gasteiger partial charge in [-0.05, 0) is 31.7 Å². The van der Waals surface area contributed by atoms with E-state index in [1.54, 1.807) is 6.20 Å². The van der Waals surface area contributed by atoms with E-state index >= 15 is 0 Å². The lowest BCUT2D eigenvalue weighted by atomic mass is 10.2. The van der Waals surface area contributed by atoms with Crippen LogP contribution >= 0.6 is 0 Å². The molecule has 128 valence electrons. The van der Waals surface area contributed by atoms with E-state index in [1.807, 2.05) is 41.7 Å². The van der Waals surface area contributed by atoms with Crippen molar-refractivity contribution in [2.75, 3.05) is 0 Å². The second-order valence-corrected chi connectivity index (χ2v) is 6.13. The lowest BCUT2D eigenvalue weighted by Crippen LogP contribution is -2.18. The molecule has 6 nitrogen and oxygen atoms in total. The van der Waals surface area contributed by atoms with Crippen LogP contribution in [-0.2, 0) is 24.2 Å². The van der Waals surface area contributed by atoms with Gasteiger partial charge >= 0.3 is 0 Å². The molecule has 2 aromatic heterocycles. The molecule has 0 saturated heterocycles. The fraction of sp³-hybridized carbons (Fsp3) is 0.316. The third-order valence-electron chi connectivity index (χ3n) is 4.37. The highest BCUT2D eigenvalue weighted by Gasteiger charge is 2.23. The monoisotopic (exact) mass is 337 g/mol. The Hall–Kier alpha value is -2.73. The first-order valence-electron chi connectivity index (χ1n) is 8.43. The largest absolute Gasteiger partial charge is 0.448 e. The highest BCUT2D eigenvalue weighted by atomic mass is 16.7. The van der Waals surface area contributed by atoms with Crippen LogP contribution in [0.25, 0.3) is 5.78 Å². The van der Waals surface area contributed by atoms with E-state index in [9.17, 15) is 4.79 Å². The maximum atomic E-state index is 11.0. The van der Waals surface area contributed by atoms with Crippen molar-refractivity contribution in [2.45, 2.75) is 39.1 Å². The van der Waals surface area contributed by atoms with Crippen molar-refractivity contribution < 1.29 is 14.3 Å². The first kappa shape index (κ1) is 15.8. The van der Waals surface area contributed by atoms with Crippen molar-refractivity contribution in [1.29, 1.82) is 0 Å². The van der Waals surface area contributed by atoms with E-state index in [1.165, 1.54) is 0 Å². The Morgan fingerprint density at radius 1 is 1.24 bits per heavy atom. The number of aryl methyl sites for hydroxylation is 1. The Morgan fingerprint density at radius 3 is 2.88 bits per heavy atom. The van der Waals surface area contributed by atoms with Crippen LogP contribution in [0.3, 0.4) is 0 Å². The van der Waals surface area contributed by atoms with Gasteiger partial charge in [0.1, 0.15) is 5.69 Å². The number of rotatable bonds is 6. The highest BCUT2D eigenvalue weighted by molar-refractivity contribution is 5.73. The fourth-order valence-corrected chi connectivity index (χ4v) is 3.18. The molecule has 25 heavy (non-hydrogen) atoms. The molecule has 0 spiro atoms. The summed E-state index contributed by atoms with van der Waals surface area (Å²) in [7, 11) is 0. The summed E-state index contributed by atoms with van der Waals surface area (Å²) in [4.78, 5) is 19.7. The number of ether oxygens (including phenoxy) is 2. The molecule has 0 N–H and O–H groups in total. The standard InChI is InChI=1S/C19H19N3O3/c1-13(24-12-14-6-3-2-4-7-14)25-18-16-8-5-9-17(16)22-10-15(11-23)20-19(22)21-18/h2-4,6-7,10-11,13H,5,8-9,12H2,1H3. The van der Waals surface area contributed by atoms with Gasteiger partial charge in [-0.25, -0.2) is 4.98 Å². The van der Waals surface area contributed by atoms with Crippen molar-refractivity contribution in [1.82, 2.24) is 14.4 Å². The molecule has 1 aliphatic carbocycles. The summed E-state index contributed by atoms with van der Waals surface area (Å²) in [5.41, 5.74) is 3.68. The average Bonchev–Trinajstić information content (AvgIpc) is 3.27. The molecular formula is C19H19N3O3. The number of aromatic nitrogens is 3. The van der Waals surface area contributed by atoms with Gasteiger partial charge in [-0.15, -0.1) is 0 Å². The zero-order chi connectivity index (χ0) is 17.2. The van der Waals surface area contributed by atoms with Crippen molar-refractivity contribution in [3.63, 3.8) is 0 Å². The second kappa shape index (κ2) is 6.64. The zero-order valence-corrected chi connectivity index (χ0v) is 14.0. The van der Waals surface area contributed by atoms with Gasteiger partial charge in [0, 0.05) is 17.5 Å². The molecule has 4 rings (SSSR count). The fourth-order valence-electron chi connectivity index (χ4n) is 3.18. The summed E-state index contributed by atoms with van der Waals surface area (Å²) >= 11 is 0. The Labute approximate surface area is 145 Å². The summed E-state index contributed by atoms with van der Waals surface area (Å²) in [6.45, 7) is 2.34.